The number of rotatable bonds is 5. The van der Waals surface area contributed by atoms with Gasteiger partial charge in [-0.1, -0.05) is 22.0 Å². The second kappa shape index (κ2) is 6.75. The molecule has 1 aromatic carbocycles. The third-order valence-corrected chi connectivity index (χ3v) is 6.82. The van der Waals surface area contributed by atoms with Crippen molar-refractivity contribution in [3.63, 3.8) is 0 Å². The SMILES string of the molecule is O=C(CNC(=O)c1cccc(Br)c1)NCC12CC3CC(CC(C3)C1)C2. The molecule has 0 aromatic heterocycles. The number of carbonyl (C=O) groups excluding carboxylic acids is 2. The number of hydrogen-bond acceptors (Lipinski definition) is 2. The van der Waals surface area contributed by atoms with Crippen LogP contribution in [0.5, 0.6) is 0 Å². The van der Waals surface area contributed by atoms with Gasteiger partial charge < -0.3 is 10.6 Å². The molecule has 1 aromatic rings. The monoisotopic (exact) mass is 404 g/mol. The molecule has 0 heterocycles. The Kier molecular flexibility index (Phi) is 4.61. The fourth-order valence-electron chi connectivity index (χ4n) is 5.75. The third-order valence-electron chi connectivity index (χ3n) is 6.32. The largest absolute Gasteiger partial charge is 0.354 e. The lowest BCUT2D eigenvalue weighted by Gasteiger charge is -2.56. The standard InChI is InChI=1S/C20H25BrN2O2/c21-17-3-1-2-16(7-17)19(25)22-11-18(24)23-12-20-8-13-4-14(9-20)6-15(5-13)10-20/h1-3,7,13-15H,4-6,8-12H2,(H,22,25)(H,23,24). The first-order valence-corrected chi connectivity index (χ1v) is 10.1. The highest BCUT2D eigenvalue weighted by molar-refractivity contribution is 9.10. The highest BCUT2D eigenvalue weighted by Gasteiger charge is 2.50. The van der Waals surface area contributed by atoms with Gasteiger partial charge in [0.15, 0.2) is 0 Å². The van der Waals surface area contributed by atoms with Crippen molar-refractivity contribution in [3.8, 4) is 0 Å². The Hall–Kier alpha value is -1.36. The molecular weight excluding hydrogens is 380 g/mol. The van der Waals surface area contributed by atoms with Crippen molar-refractivity contribution in [2.24, 2.45) is 23.2 Å². The molecule has 4 saturated carbocycles. The summed E-state index contributed by atoms with van der Waals surface area (Å²) in [7, 11) is 0. The quantitative estimate of drug-likeness (QED) is 0.788. The molecule has 4 aliphatic carbocycles. The zero-order valence-electron chi connectivity index (χ0n) is 14.4. The van der Waals surface area contributed by atoms with Crippen LogP contribution in [0.2, 0.25) is 0 Å². The fraction of sp³-hybridized carbons (Fsp3) is 0.600. The van der Waals surface area contributed by atoms with Crippen molar-refractivity contribution in [3.05, 3.63) is 34.3 Å². The van der Waals surface area contributed by atoms with E-state index in [4.69, 9.17) is 0 Å². The maximum atomic E-state index is 12.2. The van der Waals surface area contributed by atoms with Crippen LogP contribution in [0.1, 0.15) is 48.9 Å². The van der Waals surface area contributed by atoms with Crippen LogP contribution in [0.3, 0.4) is 0 Å². The van der Waals surface area contributed by atoms with Crippen LogP contribution in [0, 0.1) is 23.2 Å². The van der Waals surface area contributed by atoms with Crippen LogP contribution >= 0.6 is 15.9 Å². The van der Waals surface area contributed by atoms with Crippen LogP contribution in [-0.2, 0) is 4.79 Å². The van der Waals surface area contributed by atoms with E-state index in [2.05, 4.69) is 26.6 Å². The van der Waals surface area contributed by atoms with Gasteiger partial charge in [0, 0.05) is 16.6 Å². The van der Waals surface area contributed by atoms with E-state index in [1.54, 1.807) is 12.1 Å². The maximum Gasteiger partial charge on any atom is 0.251 e. The normalized spacial score (nSPS) is 32.4. The van der Waals surface area contributed by atoms with E-state index in [9.17, 15) is 9.59 Å². The molecule has 0 spiro atoms. The van der Waals surface area contributed by atoms with Crippen molar-refractivity contribution in [2.75, 3.05) is 13.1 Å². The van der Waals surface area contributed by atoms with Gasteiger partial charge in [0.25, 0.3) is 5.91 Å². The zero-order chi connectivity index (χ0) is 17.4. The van der Waals surface area contributed by atoms with Gasteiger partial charge in [0.05, 0.1) is 6.54 Å². The second-order valence-electron chi connectivity index (χ2n) is 8.39. The summed E-state index contributed by atoms with van der Waals surface area (Å²) in [6.07, 6.45) is 8.08. The lowest BCUT2D eigenvalue weighted by atomic mass is 9.49. The van der Waals surface area contributed by atoms with E-state index in [1.807, 2.05) is 12.1 Å². The van der Waals surface area contributed by atoms with Crippen LogP contribution in [0.25, 0.3) is 0 Å². The number of hydrogen-bond donors (Lipinski definition) is 2. The van der Waals surface area contributed by atoms with Gasteiger partial charge >= 0.3 is 0 Å². The summed E-state index contributed by atoms with van der Waals surface area (Å²) in [5, 5.41) is 5.81. The molecule has 4 nitrogen and oxygen atoms in total. The van der Waals surface area contributed by atoms with Crippen LogP contribution in [-0.4, -0.2) is 24.9 Å². The Morgan fingerprint density at radius 3 is 2.28 bits per heavy atom. The Morgan fingerprint density at radius 2 is 1.68 bits per heavy atom. The first-order valence-electron chi connectivity index (χ1n) is 9.32. The van der Waals surface area contributed by atoms with E-state index in [0.717, 1.165) is 28.8 Å². The number of benzene rings is 1. The summed E-state index contributed by atoms with van der Waals surface area (Å²) < 4.78 is 0.853. The Bertz CT molecular complexity index is 653. The Labute approximate surface area is 157 Å². The lowest BCUT2D eigenvalue weighted by Crippen LogP contribution is -2.52. The molecule has 0 unspecified atom stereocenters. The average molecular weight is 405 g/mol. The van der Waals surface area contributed by atoms with Crippen LogP contribution in [0.4, 0.5) is 0 Å². The molecular formula is C20H25BrN2O2. The number of halogens is 1. The van der Waals surface area contributed by atoms with Crippen molar-refractivity contribution in [1.82, 2.24) is 10.6 Å². The van der Waals surface area contributed by atoms with Crippen molar-refractivity contribution in [1.29, 1.82) is 0 Å². The van der Waals surface area contributed by atoms with Gasteiger partial charge in [-0.15, -0.1) is 0 Å². The number of amides is 2. The van der Waals surface area contributed by atoms with E-state index in [1.165, 1.54) is 38.5 Å². The predicted molar refractivity (Wildman–Crippen MR) is 100 cm³/mol. The van der Waals surface area contributed by atoms with Gasteiger partial charge in [0.1, 0.15) is 0 Å². The molecule has 5 heteroatoms. The van der Waals surface area contributed by atoms with E-state index in [-0.39, 0.29) is 18.4 Å². The molecule has 0 radical (unpaired) electrons. The lowest BCUT2D eigenvalue weighted by molar-refractivity contribution is -0.122. The molecule has 2 N–H and O–H groups in total. The highest BCUT2D eigenvalue weighted by Crippen LogP contribution is 2.59. The first kappa shape index (κ1) is 17.1. The molecule has 0 aliphatic heterocycles. The maximum absolute atomic E-state index is 12.2. The van der Waals surface area contributed by atoms with E-state index < -0.39 is 0 Å². The molecule has 2 amide bonds. The molecule has 0 atom stereocenters. The molecule has 4 fully saturated rings. The Balaban J connectivity index is 1.26. The summed E-state index contributed by atoms with van der Waals surface area (Å²) in [5.74, 6) is 2.36. The van der Waals surface area contributed by atoms with Gasteiger partial charge in [-0.25, -0.2) is 0 Å². The molecule has 4 aliphatic rings. The molecule has 4 bridgehead atoms. The topological polar surface area (TPSA) is 58.2 Å². The van der Waals surface area contributed by atoms with Crippen molar-refractivity contribution < 1.29 is 9.59 Å². The number of nitrogens with one attached hydrogen (secondary N) is 2. The summed E-state index contributed by atoms with van der Waals surface area (Å²) in [6, 6.07) is 7.18. The van der Waals surface area contributed by atoms with Crippen molar-refractivity contribution in [2.45, 2.75) is 38.5 Å². The molecule has 25 heavy (non-hydrogen) atoms. The Morgan fingerprint density at radius 1 is 1.04 bits per heavy atom. The minimum Gasteiger partial charge on any atom is -0.354 e. The molecule has 5 rings (SSSR count). The van der Waals surface area contributed by atoms with Gasteiger partial charge in [-0.05, 0) is 79.9 Å². The summed E-state index contributed by atoms with van der Waals surface area (Å²) >= 11 is 3.35. The number of carbonyl (C=O) groups is 2. The summed E-state index contributed by atoms with van der Waals surface area (Å²) in [6.45, 7) is 0.819. The third kappa shape index (κ3) is 3.76. The van der Waals surface area contributed by atoms with Gasteiger partial charge in [-0.2, -0.15) is 0 Å². The smallest absolute Gasteiger partial charge is 0.251 e. The van der Waals surface area contributed by atoms with E-state index in [0.29, 0.717) is 11.0 Å². The minimum absolute atomic E-state index is 0.0394. The summed E-state index contributed by atoms with van der Waals surface area (Å²) in [5.41, 5.74) is 0.891. The fourth-order valence-corrected chi connectivity index (χ4v) is 6.15. The van der Waals surface area contributed by atoms with E-state index >= 15 is 0 Å². The molecule has 0 saturated heterocycles. The zero-order valence-corrected chi connectivity index (χ0v) is 16.0. The highest BCUT2D eigenvalue weighted by atomic mass is 79.9. The van der Waals surface area contributed by atoms with Crippen molar-refractivity contribution >= 4 is 27.7 Å². The van der Waals surface area contributed by atoms with Gasteiger partial charge in [-0.3, -0.25) is 9.59 Å². The first-order chi connectivity index (χ1) is 12.0. The minimum atomic E-state index is -0.216. The van der Waals surface area contributed by atoms with Gasteiger partial charge in [0.2, 0.25) is 5.91 Å². The molecule has 134 valence electrons. The summed E-state index contributed by atoms with van der Waals surface area (Å²) in [4.78, 5) is 24.3. The van der Waals surface area contributed by atoms with Crippen LogP contribution < -0.4 is 10.6 Å². The van der Waals surface area contributed by atoms with Crippen LogP contribution in [0.15, 0.2) is 28.7 Å². The average Bonchev–Trinajstić information content (AvgIpc) is 2.57. The predicted octanol–water partition coefficient (Wildman–Crippen LogP) is 3.51. The second-order valence-corrected chi connectivity index (χ2v) is 9.30.